The smallest absolute Gasteiger partial charge is 0.224 e. The number of nitrogens with one attached hydrogen (secondary N) is 1. The molecule has 3 heteroatoms. The van der Waals surface area contributed by atoms with E-state index in [0.717, 1.165) is 23.6 Å². The van der Waals surface area contributed by atoms with Gasteiger partial charge in [0.05, 0.1) is 6.42 Å². The van der Waals surface area contributed by atoms with Crippen LogP contribution in [0.1, 0.15) is 38.7 Å². The van der Waals surface area contributed by atoms with Crippen molar-refractivity contribution in [3.63, 3.8) is 0 Å². The number of carbonyl (C=O) groups is 1. The van der Waals surface area contributed by atoms with Crippen molar-refractivity contribution in [1.82, 2.24) is 5.32 Å². The lowest BCUT2D eigenvalue weighted by atomic mass is 9.80. The van der Waals surface area contributed by atoms with E-state index in [1.807, 2.05) is 24.3 Å². The van der Waals surface area contributed by atoms with Crippen molar-refractivity contribution in [2.24, 2.45) is 11.8 Å². The largest absolute Gasteiger partial charge is 0.399 e. The maximum Gasteiger partial charge on any atom is 0.224 e. The Bertz CT molecular complexity index is 427. The van der Waals surface area contributed by atoms with Crippen LogP contribution in [-0.2, 0) is 11.2 Å². The molecule has 0 aromatic heterocycles. The molecule has 1 aromatic carbocycles. The first-order valence-electron chi connectivity index (χ1n) is 7.18. The zero-order valence-corrected chi connectivity index (χ0v) is 11.9. The highest BCUT2D eigenvalue weighted by Gasteiger charge is 2.26. The van der Waals surface area contributed by atoms with Crippen molar-refractivity contribution < 1.29 is 4.79 Å². The molecule has 3 unspecified atom stereocenters. The third-order valence-corrected chi connectivity index (χ3v) is 4.12. The monoisotopic (exact) mass is 260 g/mol. The van der Waals surface area contributed by atoms with Gasteiger partial charge < -0.3 is 11.1 Å². The lowest BCUT2D eigenvalue weighted by Gasteiger charge is -2.33. The maximum absolute atomic E-state index is 12.1. The van der Waals surface area contributed by atoms with Crippen LogP contribution in [0.3, 0.4) is 0 Å². The van der Waals surface area contributed by atoms with Gasteiger partial charge in [-0.05, 0) is 48.8 Å². The van der Waals surface area contributed by atoms with E-state index in [4.69, 9.17) is 5.73 Å². The molecule has 0 spiro atoms. The highest BCUT2D eigenvalue weighted by Crippen LogP contribution is 2.28. The first-order valence-corrected chi connectivity index (χ1v) is 7.18. The summed E-state index contributed by atoms with van der Waals surface area (Å²) in [4.78, 5) is 12.1. The Morgan fingerprint density at radius 1 is 1.26 bits per heavy atom. The first kappa shape index (κ1) is 13.9. The molecular weight excluding hydrogens is 236 g/mol. The lowest BCUT2D eigenvalue weighted by molar-refractivity contribution is -0.121. The molecule has 0 aliphatic heterocycles. The zero-order chi connectivity index (χ0) is 13.8. The topological polar surface area (TPSA) is 55.1 Å². The molecule has 0 heterocycles. The molecule has 104 valence electrons. The molecule has 1 aliphatic carbocycles. The number of anilines is 1. The van der Waals surface area contributed by atoms with E-state index in [1.54, 1.807) is 0 Å². The van der Waals surface area contributed by atoms with Crippen molar-refractivity contribution in [3.05, 3.63) is 29.8 Å². The minimum atomic E-state index is 0.121. The summed E-state index contributed by atoms with van der Waals surface area (Å²) in [6.07, 6.45) is 3.98. The fourth-order valence-corrected chi connectivity index (χ4v) is 2.96. The Morgan fingerprint density at radius 3 is 2.58 bits per heavy atom. The predicted molar refractivity (Wildman–Crippen MR) is 78.7 cm³/mol. The molecule has 1 aliphatic rings. The molecule has 0 radical (unpaired) electrons. The predicted octanol–water partition coefficient (Wildman–Crippen LogP) is 2.75. The number of benzene rings is 1. The number of carbonyl (C=O) groups excluding carboxylic acids is 1. The lowest BCUT2D eigenvalue weighted by Crippen LogP contribution is -2.43. The van der Waals surface area contributed by atoms with Crippen LogP contribution in [0, 0.1) is 11.8 Å². The molecule has 2 rings (SSSR count). The Balaban J connectivity index is 1.85. The Labute approximate surface area is 115 Å². The van der Waals surface area contributed by atoms with Crippen LogP contribution in [0.25, 0.3) is 0 Å². The standard InChI is InChI=1S/C16H24N2O/c1-11-3-8-15(12(2)9-11)18-16(19)10-13-4-6-14(17)7-5-13/h4-7,11-12,15H,3,8-10,17H2,1-2H3,(H,18,19). The zero-order valence-electron chi connectivity index (χ0n) is 11.9. The van der Waals surface area contributed by atoms with E-state index < -0.39 is 0 Å². The van der Waals surface area contributed by atoms with Gasteiger partial charge >= 0.3 is 0 Å². The van der Waals surface area contributed by atoms with E-state index >= 15 is 0 Å². The van der Waals surface area contributed by atoms with Crippen LogP contribution in [0.2, 0.25) is 0 Å². The second kappa shape index (κ2) is 6.09. The van der Waals surface area contributed by atoms with Crippen LogP contribution in [0.4, 0.5) is 5.69 Å². The second-order valence-electron chi connectivity index (χ2n) is 5.99. The molecule has 1 amide bonds. The van der Waals surface area contributed by atoms with Crippen molar-refractivity contribution in [1.29, 1.82) is 0 Å². The molecule has 3 N–H and O–H groups in total. The number of amides is 1. The van der Waals surface area contributed by atoms with E-state index in [1.165, 1.54) is 12.8 Å². The fourth-order valence-electron chi connectivity index (χ4n) is 2.96. The average molecular weight is 260 g/mol. The molecule has 0 bridgehead atoms. The number of hydrogen-bond donors (Lipinski definition) is 2. The van der Waals surface area contributed by atoms with Gasteiger partial charge in [0.15, 0.2) is 0 Å². The Morgan fingerprint density at radius 2 is 1.95 bits per heavy atom. The first-order chi connectivity index (χ1) is 9.04. The number of rotatable bonds is 3. The molecule has 3 atom stereocenters. The normalized spacial score (nSPS) is 26.9. The quantitative estimate of drug-likeness (QED) is 0.821. The summed E-state index contributed by atoms with van der Waals surface area (Å²) in [6.45, 7) is 4.53. The van der Waals surface area contributed by atoms with E-state index in [9.17, 15) is 4.79 Å². The number of nitrogen functional groups attached to an aromatic ring is 1. The molecule has 0 saturated heterocycles. The van der Waals surface area contributed by atoms with E-state index in [-0.39, 0.29) is 5.91 Å². The highest BCUT2D eigenvalue weighted by atomic mass is 16.1. The van der Waals surface area contributed by atoms with Crippen LogP contribution >= 0.6 is 0 Å². The second-order valence-corrected chi connectivity index (χ2v) is 5.99. The summed E-state index contributed by atoms with van der Waals surface area (Å²) in [5.41, 5.74) is 7.39. The Hall–Kier alpha value is -1.51. The van der Waals surface area contributed by atoms with Crippen LogP contribution < -0.4 is 11.1 Å². The van der Waals surface area contributed by atoms with Gasteiger partial charge in [0, 0.05) is 11.7 Å². The van der Waals surface area contributed by atoms with Gasteiger partial charge in [-0.25, -0.2) is 0 Å². The molecule has 19 heavy (non-hydrogen) atoms. The molecule has 1 aromatic rings. The van der Waals surface area contributed by atoms with Gasteiger partial charge in [0.1, 0.15) is 0 Å². The summed E-state index contributed by atoms with van der Waals surface area (Å²) in [7, 11) is 0. The van der Waals surface area contributed by atoms with Crippen LogP contribution in [-0.4, -0.2) is 11.9 Å². The maximum atomic E-state index is 12.1. The van der Waals surface area contributed by atoms with Crippen LogP contribution in [0.5, 0.6) is 0 Å². The third-order valence-electron chi connectivity index (χ3n) is 4.12. The van der Waals surface area contributed by atoms with Gasteiger partial charge in [-0.2, -0.15) is 0 Å². The molecule has 1 fully saturated rings. The van der Waals surface area contributed by atoms with Gasteiger partial charge in [-0.3, -0.25) is 4.79 Å². The summed E-state index contributed by atoms with van der Waals surface area (Å²) in [5, 5.41) is 3.18. The van der Waals surface area contributed by atoms with E-state index in [0.29, 0.717) is 18.4 Å². The van der Waals surface area contributed by atoms with Crippen molar-refractivity contribution in [2.45, 2.75) is 45.6 Å². The minimum Gasteiger partial charge on any atom is -0.399 e. The summed E-state index contributed by atoms with van der Waals surface area (Å²) in [6, 6.07) is 7.86. The molecular formula is C16H24N2O. The highest BCUT2D eigenvalue weighted by molar-refractivity contribution is 5.79. The van der Waals surface area contributed by atoms with Gasteiger partial charge in [0.25, 0.3) is 0 Å². The van der Waals surface area contributed by atoms with E-state index in [2.05, 4.69) is 19.2 Å². The third kappa shape index (κ3) is 3.98. The fraction of sp³-hybridized carbons (Fsp3) is 0.562. The number of nitrogens with two attached hydrogens (primary N) is 1. The van der Waals surface area contributed by atoms with Crippen LogP contribution in [0.15, 0.2) is 24.3 Å². The van der Waals surface area contributed by atoms with Crippen molar-refractivity contribution in [2.75, 3.05) is 5.73 Å². The van der Waals surface area contributed by atoms with Gasteiger partial charge in [-0.15, -0.1) is 0 Å². The molecule has 1 saturated carbocycles. The van der Waals surface area contributed by atoms with Crippen molar-refractivity contribution in [3.8, 4) is 0 Å². The van der Waals surface area contributed by atoms with Gasteiger partial charge in [0.2, 0.25) is 5.91 Å². The Kier molecular flexibility index (Phi) is 4.46. The number of hydrogen-bond acceptors (Lipinski definition) is 2. The molecule has 3 nitrogen and oxygen atoms in total. The SMILES string of the molecule is CC1CCC(NC(=O)Cc2ccc(N)cc2)C(C)C1. The van der Waals surface area contributed by atoms with Gasteiger partial charge in [-0.1, -0.05) is 26.0 Å². The summed E-state index contributed by atoms with van der Waals surface area (Å²) >= 11 is 0. The van der Waals surface area contributed by atoms with Crippen molar-refractivity contribution >= 4 is 11.6 Å². The minimum absolute atomic E-state index is 0.121. The average Bonchev–Trinajstić information content (AvgIpc) is 2.36. The summed E-state index contributed by atoms with van der Waals surface area (Å²) in [5.74, 6) is 1.50. The summed E-state index contributed by atoms with van der Waals surface area (Å²) < 4.78 is 0.